The summed E-state index contributed by atoms with van der Waals surface area (Å²) in [5, 5.41) is 18.7. The molecule has 9 heteroatoms. The number of anilines is 1. The Hall–Kier alpha value is -3.04. The molecule has 0 spiro atoms. The van der Waals surface area contributed by atoms with Gasteiger partial charge in [0.05, 0.1) is 15.4 Å². The Kier molecular flexibility index (Phi) is 5.53. The standard InChI is InChI=1S/C17H17N3O5S/c1-11-9-14(26(18,24)25)10-15(12(11)2)19-17(21)8-7-13-5-3-4-6-16(13)20(22)23/h3-10H,1-2H3,(H,19,21)(H2,18,24,25)/b8-7+. The van der Waals surface area contributed by atoms with Crippen LogP contribution in [0.15, 0.2) is 47.4 Å². The number of nitro benzene ring substituents is 1. The van der Waals surface area contributed by atoms with Crippen LogP contribution in [0.2, 0.25) is 0 Å². The Morgan fingerprint density at radius 1 is 1.23 bits per heavy atom. The number of carbonyl (C=O) groups is 1. The quantitative estimate of drug-likeness (QED) is 0.471. The summed E-state index contributed by atoms with van der Waals surface area (Å²) in [5.41, 5.74) is 1.78. The maximum absolute atomic E-state index is 12.1. The van der Waals surface area contributed by atoms with Crippen LogP contribution < -0.4 is 10.5 Å². The average Bonchev–Trinajstić information content (AvgIpc) is 2.56. The third kappa shape index (κ3) is 4.52. The van der Waals surface area contributed by atoms with Crippen LogP contribution in [-0.4, -0.2) is 19.2 Å². The van der Waals surface area contributed by atoms with E-state index in [9.17, 15) is 23.3 Å². The molecule has 0 aliphatic heterocycles. The van der Waals surface area contributed by atoms with Gasteiger partial charge in [-0.2, -0.15) is 0 Å². The summed E-state index contributed by atoms with van der Waals surface area (Å²) >= 11 is 0. The summed E-state index contributed by atoms with van der Waals surface area (Å²) in [5.74, 6) is -0.558. The summed E-state index contributed by atoms with van der Waals surface area (Å²) in [7, 11) is -3.92. The van der Waals surface area contributed by atoms with Crippen LogP contribution in [0, 0.1) is 24.0 Å². The first-order chi connectivity index (χ1) is 12.1. The predicted molar refractivity (Wildman–Crippen MR) is 98.0 cm³/mol. The van der Waals surface area contributed by atoms with E-state index in [2.05, 4.69) is 5.32 Å². The van der Waals surface area contributed by atoms with Crippen molar-refractivity contribution in [3.05, 3.63) is 69.3 Å². The van der Waals surface area contributed by atoms with E-state index in [0.717, 1.165) is 6.08 Å². The van der Waals surface area contributed by atoms with Gasteiger partial charge in [-0.05, 0) is 49.2 Å². The number of benzene rings is 2. The van der Waals surface area contributed by atoms with E-state index in [0.29, 0.717) is 16.8 Å². The summed E-state index contributed by atoms with van der Waals surface area (Å²) in [4.78, 5) is 22.5. The molecule has 0 fully saturated rings. The van der Waals surface area contributed by atoms with Crippen LogP contribution in [0.4, 0.5) is 11.4 Å². The van der Waals surface area contributed by atoms with E-state index in [1.54, 1.807) is 19.9 Å². The number of para-hydroxylation sites is 1. The van der Waals surface area contributed by atoms with Crippen LogP contribution in [0.1, 0.15) is 16.7 Å². The minimum atomic E-state index is -3.92. The van der Waals surface area contributed by atoms with Gasteiger partial charge in [-0.1, -0.05) is 12.1 Å². The molecule has 2 aromatic rings. The molecule has 0 unspecified atom stereocenters. The third-order valence-corrected chi connectivity index (χ3v) is 4.67. The van der Waals surface area contributed by atoms with Gasteiger partial charge in [-0.3, -0.25) is 14.9 Å². The third-order valence-electron chi connectivity index (χ3n) is 3.77. The molecule has 0 aliphatic rings. The number of amides is 1. The van der Waals surface area contributed by atoms with E-state index in [-0.39, 0.29) is 16.1 Å². The fourth-order valence-electron chi connectivity index (χ4n) is 2.25. The Bertz CT molecular complexity index is 1010. The van der Waals surface area contributed by atoms with Crippen molar-refractivity contribution < 1.29 is 18.1 Å². The van der Waals surface area contributed by atoms with Crippen molar-refractivity contribution in [3.63, 3.8) is 0 Å². The number of nitrogens with one attached hydrogen (secondary N) is 1. The Labute approximate surface area is 150 Å². The summed E-state index contributed by atoms with van der Waals surface area (Å²) in [6.45, 7) is 3.42. The predicted octanol–water partition coefficient (Wildman–Crippen LogP) is 2.51. The van der Waals surface area contributed by atoms with Crippen LogP contribution in [0.25, 0.3) is 6.08 Å². The van der Waals surface area contributed by atoms with Gasteiger partial charge in [0, 0.05) is 17.8 Å². The van der Waals surface area contributed by atoms with Crippen molar-refractivity contribution in [1.82, 2.24) is 0 Å². The molecule has 0 heterocycles. The molecule has 8 nitrogen and oxygen atoms in total. The molecule has 26 heavy (non-hydrogen) atoms. The molecule has 2 aromatic carbocycles. The fourth-order valence-corrected chi connectivity index (χ4v) is 2.88. The lowest BCUT2D eigenvalue weighted by molar-refractivity contribution is -0.385. The number of sulfonamides is 1. The molecule has 0 saturated heterocycles. The second kappa shape index (κ2) is 7.46. The SMILES string of the molecule is Cc1cc(S(N)(=O)=O)cc(NC(=O)/C=C/c2ccccc2[N+](=O)[O-])c1C. The smallest absolute Gasteiger partial charge is 0.276 e. The van der Waals surface area contributed by atoms with Gasteiger partial charge in [-0.15, -0.1) is 0 Å². The first-order valence-electron chi connectivity index (χ1n) is 7.46. The summed E-state index contributed by atoms with van der Waals surface area (Å²) < 4.78 is 23.1. The zero-order valence-corrected chi connectivity index (χ0v) is 14.9. The molecule has 1 amide bonds. The van der Waals surface area contributed by atoms with Gasteiger partial charge in [0.15, 0.2) is 0 Å². The minimum absolute atomic E-state index is 0.112. The van der Waals surface area contributed by atoms with Gasteiger partial charge < -0.3 is 5.32 Å². The maximum atomic E-state index is 12.1. The molecular weight excluding hydrogens is 358 g/mol. The summed E-state index contributed by atoms with van der Waals surface area (Å²) in [6, 6.07) is 8.69. The molecular formula is C17H17N3O5S. The second-order valence-corrected chi connectivity index (χ2v) is 7.16. The molecule has 0 radical (unpaired) electrons. The monoisotopic (exact) mass is 375 g/mol. The molecule has 0 atom stereocenters. The lowest BCUT2D eigenvalue weighted by Crippen LogP contribution is -2.15. The van der Waals surface area contributed by atoms with E-state index in [1.807, 2.05) is 0 Å². The van der Waals surface area contributed by atoms with Crippen molar-refractivity contribution in [2.24, 2.45) is 5.14 Å². The topological polar surface area (TPSA) is 132 Å². The van der Waals surface area contributed by atoms with E-state index < -0.39 is 20.9 Å². The number of hydrogen-bond acceptors (Lipinski definition) is 5. The number of nitrogens with zero attached hydrogens (tertiary/aromatic N) is 1. The normalized spacial score (nSPS) is 11.5. The van der Waals surface area contributed by atoms with Crippen molar-refractivity contribution in [1.29, 1.82) is 0 Å². The lowest BCUT2D eigenvalue weighted by atomic mass is 10.1. The Morgan fingerprint density at radius 3 is 2.50 bits per heavy atom. The highest BCUT2D eigenvalue weighted by Crippen LogP contribution is 2.24. The van der Waals surface area contributed by atoms with Gasteiger partial charge in [0.2, 0.25) is 15.9 Å². The van der Waals surface area contributed by atoms with E-state index >= 15 is 0 Å². The molecule has 0 aromatic heterocycles. The Morgan fingerprint density at radius 2 is 1.88 bits per heavy atom. The highest BCUT2D eigenvalue weighted by molar-refractivity contribution is 7.89. The average molecular weight is 375 g/mol. The van der Waals surface area contributed by atoms with Crippen LogP contribution >= 0.6 is 0 Å². The number of nitrogens with two attached hydrogens (primary N) is 1. The van der Waals surface area contributed by atoms with Crippen molar-refractivity contribution in [2.75, 3.05) is 5.32 Å². The van der Waals surface area contributed by atoms with Crippen LogP contribution in [-0.2, 0) is 14.8 Å². The molecule has 0 bridgehead atoms. The largest absolute Gasteiger partial charge is 0.322 e. The first kappa shape index (κ1) is 19.3. The zero-order valence-electron chi connectivity index (χ0n) is 14.1. The number of nitro groups is 1. The van der Waals surface area contributed by atoms with Gasteiger partial charge >= 0.3 is 0 Å². The number of primary sulfonamides is 1. The lowest BCUT2D eigenvalue weighted by Gasteiger charge is -2.11. The fraction of sp³-hybridized carbons (Fsp3) is 0.118. The first-order valence-corrected chi connectivity index (χ1v) is 9.01. The number of carbonyl (C=O) groups excluding carboxylic acids is 1. The summed E-state index contributed by atoms with van der Waals surface area (Å²) in [6.07, 6.45) is 2.46. The minimum Gasteiger partial charge on any atom is -0.322 e. The van der Waals surface area contributed by atoms with Gasteiger partial charge in [0.1, 0.15) is 0 Å². The van der Waals surface area contributed by atoms with Crippen molar-refractivity contribution in [2.45, 2.75) is 18.7 Å². The maximum Gasteiger partial charge on any atom is 0.276 e. The second-order valence-electron chi connectivity index (χ2n) is 5.60. The molecule has 3 N–H and O–H groups in total. The highest BCUT2D eigenvalue weighted by atomic mass is 32.2. The molecule has 0 aliphatic carbocycles. The van der Waals surface area contributed by atoms with Crippen molar-refractivity contribution >= 4 is 33.4 Å². The molecule has 2 rings (SSSR count). The van der Waals surface area contributed by atoms with E-state index in [4.69, 9.17) is 5.14 Å². The van der Waals surface area contributed by atoms with Crippen molar-refractivity contribution in [3.8, 4) is 0 Å². The number of hydrogen-bond donors (Lipinski definition) is 2. The van der Waals surface area contributed by atoms with Crippen LogP contribution in [0.3, 0.4) is 0 Å². The number of rotatable bonds is 5. The molecule has 0 saturated carbocycles. The van der Waals surface area contributed by atoms with Crippen LogP contribution in [0.5, 0.6) is 0 Å². The van der Waals surface area contributed by atoms with Gasteiger partial charge in [-0.25, -0.2) is 13.6 Å². The highest BCUT2D eigenvalue weighted by Gasteiger charge is 2.14. The van der Waals surface area contributed by atoms with Gasteiger partial charge in [0.25, 0.3) is 5.69 Å². The Balaban J connectivity index is 2.29. The molecule has 136 valence electrons. The zero-order chi connectivity index (χ0) is 19.5. The van der Waals surface area contributed by atoms with E-state index in [1.165, 1.54) is 36.4 Å². The number of aryl methyl sites for hydroxylation is 1.